The van der Waals surface area contributed by atoms with Gasteiger partial charge in [-0.1, -0.05) is 50.3 Å². The fraction of sp³-hybridized carbons (Fsp3) is 0.643. The molecule has 0 heterocycles. The molecule has 2 aliphatic rings. The van der Waals surface area contributed by atoms with Gasteiger partial charge in [0.05, 0.1) is 6.10 Å². The summed E-state index contributed by atoms with van der Waals surface area (Å²) >= 11 is 0. The van der Waals surface area contributed by atoms with Gasteiger partial charge in [0.25, 0.3) is 0 Å². The van der Waals surface area contributed by atoms with Crippen molar-refractivity contribution in [1.82, 2.24) is 0 Å². The molecule has 2 aliphatic carbocycles. The second-order valence-corrected chi connectivity index (χ2v) is 4.79. The molecule has 1 radical (unpaired) electrons. The lowest BCUT2D eigenvalue weighted by Crippen LogP contribution is -2.18. The molecule has 0 aliphatic heterocycles. The van der Waals surface area contributed by atoms with Crippen molar-refractivity contribution in [3.05, 3.63) is 30.2 Å². The first-order chi connectivity index (χ1) is 7.36. The average Bonchev–Trinajstić information content (AvgIpc) is 2.31. The maximum absolute atomic E-state index is 10.1. The molecule has 2 rings (SSSR count). The van der Waals surface area contributed by atoms with E-state index in [0.717, 1.165) is 24.3 Å². The van der Waals surface area contributed by atoms with Crippen LogP contribution in [0.2, 0.25) is 0 Å². The van der Waals surface area contributed by atoms with E-state index in [0.29, 0.717) is 0 Å². The molecule has 0 aromatic rings. The van der Waals surface area contributed by atoms with Gasteiger partial charge in [-0.25, -0.2) is 0 Å². The third kappa shape index (κ3) is 3.20. The van der Waals surface area contributed by atoms with Crippen LogP contribution in [0.1, 0.15) is 44.9 Å². The number of rotatable bonds is 3. The summed E-state index contributed by atoms with van der Waals surface area (Å²) in [4.78, 5) is 0. The van der Waals surface area contributed by atoms with Crippen LogP contribution >= 0.6 is 0 Å². The van der Waals surface area contributed by atoms with Crippen molar-refractivity contribution < 1.29 is 5.11 Å². The molecule has 1 unspecified atom stereocenters. The summed E-state index contributed by atoms with van der Waals surface area (Å²) < 4.78 is 0. The lowest BCUT2D eigenvalue weighted by atomic mass is 9.83. The van der Waals surface area contributed by atoms with E-state index in [1.165, 1.54) is 32.1 Å². The van der Waals surface area contributed by atoms with Crippen molar-refractivity contribution >= 4 is 0 Å². The van der Waals surface area contributed by atoms with Gasteiger partial charge in [0.15, 0.2) is 0 Å². The maximum Gasteiger partial charge on any atom is 0.0789 e. The van der Waals surface area contributed by atoms with E-state index in [-0.39, 0.29) is 6.10 Å². The second kappa shape index (κ2) is 5.50. The standard InChI is InChI=1S/C14H21O/c15-14(13-9-5-2-6-10-13)11-12-7-3-1-4-8-12/h2,5,9-10,12,14-15H,1,3-4,6-8,11H2. The van der Waals surface area contributed by atoms with E-state index in [9.17, 15) is 5.11 Å². The second-order valence-electron chi connectivity index (χ2n) is 4.79. The van der Waals surface area contributed by atoms with Gasteiger partial charge in [-0.3, -0.25) is 0 Å². The molecule has 15 heavy (non-hydrogen) atoms. The number of allylic oxidation sites excluding steroid dienone is 2. The molecule has 0 aromatic heterocycles. The van der Waals surface area contributed by atoms with Crippen molar-refractivity contribution in [1.29, 1.82) is 0 Å². The Labute approximate surface area is 92.9 Å². The molecule has 1 heteroatoms. The van der Waals surface area contributed by atoms with Crippen LogP contribution in [0.15, 0.2) is 23.8 Å². The van der Waals surface area contributed by atoms with Gasteiger partial charge < -0.3 is 5.11 Å². The minimum Gasteiger partial charge on any atom is -0.388 e. The van der Waals surface area contributed by atoms with E-state index < -0.39 is 0 Å². The lowest BCUT2D eigenvalue weighted by molar-refractivity contribution is 0.162. The summed E-state index contributed by atoms with van der Waals surface area (Å²) in [7, 11) is 0. The topological polar surface area (TPSA) is 20.2 Å². The summed E-state index contributed by atoms with van der Waals surface area (Å²) in [6.45, 7) is 0. The molecular weight excluding hydrogens is 184 g/mol. The summed E-state index contributed by atoms with van der Waals surface area (Å²) in [6.07, 6.45) is 16.9. The van der Waals surface area contributed by atoms with Crippen LogP contribution in [-0.4, -0.2) is 11.2 Å². The fourth-order valence-corrected chi connectivity index (χ4v) is 2.65. The van der Waals surface area contributed by atoms with Gasteiger partial charge in [-0.2, -0.15) is 0 Å². The van der Waals surface area contributed by atoms with Crippen molar-refractivity contribution in [2.45, 2.75) is 51.0 Å². The van der Waals surface area contributed by atoms with Gasteiger partial charge in [0.1, 0.15) is 0 Å². The normalized spacial score (nSPS) is 25.0. The Hall–Kier alpha value is -0.560. The zero-order valence-corrected chi connectivity index (χ0v) is 9.36. The van der Waals surface area contributed by atoms with E-state index >= 15 is 0 Å². The Morgan fingerprint density at radius 3 is 2.73 bits per heavy atom. The summed E-state index contributed by atoms with van der Waals surface area (Å²) in [5.41, 5.74) is 1.13. The highest BCUT2D eigenvalue weighted by atomic mass is 16.3. The third-order valence-electron chi connectivity index (χ3n) is 3.58. The maximum atomic E-state index is 10.1. The highest BCUT2D eigenvalue weighted by Crippen LogP contribution is 2.29. The Morgan fingerprint density at radius 2 is 2.07 bits per heavy atom. The van der Waals surface area contributed by atoms with Crippen molar-refractivity contribution in [2.24, 2.45) is 5.92 Å². The SMILES string of the molecule is OC(CC1CCCCC1)C1=CC[CH]C=C1. The van der Waals surface area contributed by atoms with Crippen molar-refractivity contribution in [3.8, 4) is 0 Å². The fourth-order valence-electron chi connectivity index (χ4n) is 2.65. The Bertz CT molecular complexity index is 246. The lowest BCUT2D eigenvalue weighted by Gasteiger charge is -2.25. The Kier molecular flexibility index (Phi) is 4.01. The van der Waals surface area contributed by atoms with Gasteiger partial charge in [0, 0.05) is 0 Å². The first kappa shape index (κ1) is 10.9. The van der Waals surface area contributed by atoms with E-state index in [1.807, 2.05) is 0 Å². The quantitative estimate of drug-likeness (QED) is 0.748. The number of hydrogen-bond acceptors (Lipinski definition) is 1. The van der Waals surface area contributed by atoms with Crippen LogP contribution in [0.5, 0.6) is 0 Å². The van der Waals surface area contributed by atoms with Gasteiger partial charge in [-0.05, 0) is 30.8 Å². The van der Waals surface area contributed by atoms with Crippen molar-refractivity contribution in [3.63, 3.8) is 0 Å². The van der Waals surface area contributed by atoms with Crippen LogP contribution in [-0.2, 0) is 0 Å². The van der Waals surface area contributed by atoms with Crippen LogP contribution in [0.25, 0.3) is 0 Å². The first-order valence-electron chi connectivity index (χ1n) is 6.24. The molecular formula is C14H21O. The molecule has 1 saturated carbocycles. The van der Waals surface area contributed by atoms with Gasteiger partial charge in [0.2, 0.25) is 0 Å². The summed E-state index contributed by atoms with van der Waals surface area (Å²) in [5.74, 6) is 0.758. The minimum absolute atomic E-state index is 0.224. The smallest absolute Gasteiger partial charge is 0.0789 e. The number of aliphatic hydroxyl groups is 1. The Balaban J connectivity index is 1.82. The zero-order valence-electron chi connectivity index (χ0n) is 9.36. The van der Waals surface area contributed by atoms with Crippen LogP contribution in [0, 0.1) is 12.3 Å². The van der Waals surface area contributed by atoms with E-state index in [4.69, 9.17) is 0 Å². The average molecular weight is 205 g/mol. The van der Waals surface area contributed by atoms with Crippen LogP contribution in [0.3, 0.4) is 0 Å². The molecule has 0 bridgehead atoms. The predicted molar refractivity (Wildman–Crippen MR) is 63.3 cm³/mol. The largest absolute Gasteiger partial charge is 0.388 e. The molecule has 0 amide bonds. The molecule has 0 spiro atoms. The van der Waals surface area contributed by atoms with E-state index in [1.54, 1.807) is 0 Å². The Morgan fingerprint density at radius 1 is 1.27 bits per heavy atom. The number of aliphatic hydroxyl groups excluding tert-OH is 1. The number of hydrogen-bond donors (Lipinski definition) is 1. The predicted octanol–water partition coefficient (Wildman–Crippen LogP) is 3.41. The third-order valence-corrected chi connectivity index (χ3v) is 3.58. The van der Waals surface area contributed by atoms with Gasteiger partial charge >= 0.3 is 0 Å². The van der Waals surface area contributed by atoms with Crippen LogP contribution in [0.4, 0.5) is 0 Å². The molecule has 0 aromatic carbocycles. The summed E-state index contributed by atoms with van der Waals surface area (Å²) in [6, 6.07) is 0. The molecule has 1 fully saturated rings. The molecule has 1 N–H and O–H groups in total. The highest BCUT2D eigenvalue weighted by Gasteiger charge is 2.19. The molecule has 1 atom stereocenters. The molecule has 0 saturated heterocycles. The highest BCUT2D eigenvalue weighted by molar-refractivity contribution is 5.29. The molecule has 83 valence electrons. The minimum atomic E-state index is -0.224. The monoisotopic (exact) mass is 205 g/mol. The van der Waals surface area contributed by atoms with Crippen molar-refractivity contribution in [2.75, 3.05) is 0 Å². The molecule has 1 nitrogen and oxygen atoms in total. The summed E-state index contributed by atoms with van der Waals surface area (Å²) in [5, 5.41) is 10.1. The zero-order chi connectivity index (χ0) is 10.5. The van der Waals surface area contributed by atoms with E-state index in [2.05, 4.69) is 24.6 Å². The van der Waals surface area contributed by atoms with Gasteiger partial charge in [-0.15, -0.1) is 0 Å². The first-order valence-corrected chi connectivity index (χ1v) is 6.24. The van der Waals surface area contributed by atoms with Crippen LogP contribution < -0.4 is 0 Å².